The smallest absolute Gasteiger partial charge is 0.243 e. The molecule has 2 heterocycles. The summed E-state index contributed by atoms with van der Waals surface area (Å²) in [7, 11) is 0.119. The van der Waals surface area contributed by atoms with Gasteiger partial charge in [-0.25, -0.2) is 13.4 Å². The first-order valence-corrected chi connectivity index (χ1v) is 11.8. The first kappa shape index (κ1) is 22.9. The lowest BCUT2D eigenvalue weighted by Crippen LogP contribution is -2.30. The molecule has 3 rings (SSSR count). The monoisotopic (exact) mass is 443 g/mol. The van der Waals surface area contributed by atoms with Crippen molar-refractivity contribution in [3.8, 4) is 0 Å². The highest BCUT2D eigenvalue weighted by molar-refractivity contribution is 7.89. The molecule has 1 aromatic carbocycles. The van der Waals surface area contributed by atoms with E-state index in [0.29, 0.717) is 38.0 Å². The molecule has 2 aromatic heterocycles. The van der Waals surface area contributed by atoms with Gasteiger partial charge in [0.15, 0.2) is 0 Å². The van der Waals surface area contributed by atoms with Gasteiger partial charge in [0.2, 0.25) is 15.9 Å². The summed E-state index contributed by atoms with van der Waals surface area (Å²) in [4.78, 5) is 23.1. The fourth-order valence-electron chi connectivity index (χ4n) is 3.59. The third kappa shape index (κ3) is 4.94. The van der Waals surface area contributed by atoms with Crippen LogP contribution < -0.4 is 0 Å². The summed E-state index contributed by atoms with van der Waals surface area (Å²) in [5.41, 5.74) is 2.48. The Morgan fingerprint density at radius 3 is 2.42 bits per heavy atom. The summed E-state index contributed by atoms with van der Waals surface area (Å²) in [6.07, 6.45) is 4.22. The van der Waals surface area contributed by atoms with Crippen LogP contribution in [0.2, 0.25) is 0 Å². The number of hydrogen-bond acceptors (Lipinski definition) is 5. The number of benzene rings is 1. The standard InChI is InChI=1S/C22H29N5O3S/c1-5-27(6-2)31(29,30)18-7-8-20-19(15-18)24-21(26(20)4)9-10-22(28)25(3)16-17-11-13-23-14-12-17/h7-8,11-15H,5-6,9-10,16H2,1-4H3. The highest BCUT2D eigenvalue weighted by atomic mass is 32.2. The number of carbonyl (C=O) groups excluding carboxylic acids is 1. The predicted molar refractivity (Wildman–Crippen MR) is 120 cm³/mol. The van der Waals surface area contributed by atoms with Gasteiger partial charge in [-0.05, 0) is 35.9 Å². The summed E-state index contributed by atoms with van der Waals surface area (Å²) in [6, 6.07) is 8.79. The number of rotatable bonds is 9. The fourth-order valence-corrected chi connectivity index (χ4v) is 5.06. The van der Waals surface area contributed by atoms with Crippen LogP contribution in [0.1, 0.15) is 31.7 Å². The summed E-state index contributed by atoms with van der Waals surface area (Å²) in [6.45, 7) is 5.00. The number of carbonyl (C=O) groups is 1. The summed E-state index contributed by atoms with van der Waals surface area (Å²) in [5.74, 6) is 0.770. The van der Waals surface area contributed by atoms with Crippen LogP contribution in [0.3, 0.4) is 0 Å². The summed E-state index contributed by atoms with van der Waals surface area (Å²) < 4.78 is 29.0. The Bertz CT molecular complexity index is 1150. The van der Waals surface area contributed by atoms with Crippen molar-refractivity contribution < 1.29 is 13.2 Å². The van der Waals surface area contributed by atoms with Crippen LogP contribution in [-0.4, -0.2) is 58.2 Å². The van der Waals surface area contributed by atoms with Crippen LogP contribution in [0.4, 0.5) is 0 Å². The van der Waals surface area contributed by atoms with Gasteiger partial charge in [-0.15, -0.1) is 0 Å². The van der Waals surface area contributed by atoms with Gasteiger partial charge in [0.25, 0.3) is 0 Å². The molecule has 0 saturated heterocycles. The quantitative estimate of drug-likeness (QED) is 0.507. The second-order valence-corrected chi connectivity index (χ2v) is 9.37. The Morgan fingerprint density at radius 1 is 1.10 bits per heavy atom. The maximum atomic E-state index is 12.8. The molecule has 9 heteroatoms. The van der Waals surface area contributed by atoms with Crippen molar-refractivity contribution in [3.05, 3.63) is 54.1 Å². The van der Waals surface area contributed by atoms with E-state index < -0.39 is 10.0 Å². The number of imidazole rings is 1. The molecule has 0 atom stereocenters. The highest BCUT2D eigenvalue weighted by Crippen LogP contribution is 2.23. The van der Waals surface area contributed by atoms with Crippen molar-refractivity contribution in [3.63, 3.8) is 0 Å². The zero-order valence-corrected chi connectivity index (χ0v) is 19.3. The first-order valence-electron chi connectivity index (χ1n) is 10.4. The molecule has 3 aromatic rings. The third-order valence-corrected chi connectivity index (χ3v) is 7.49. The van der Waals surface area contributed by atoms with E-state index in [2.05, 4.69) is 9.97 Å². The van der Waals surface area contributed by atoms with Crippen molar-refractivity contribution >= 4 is 27.0 Å². The van der Waals surface area contributed by atoms with Crippen LogP contribution >= 0.6 is 0 Å². The Balaban J connectivity index is 1.74. The highest BCUT2D eigenvalue weighted by Gasteiger charge is 2.23. The molecule has 0 unspecified atom stereocenters. The third-order valence-electron chi connectivity index (χ3n) is 5.45. The number of fused-ring (bicyclic) bond motifs is 1. The van der Waals surface area contributed by atoms with Gasteiger partial charge in [0.05, 0.1) is 15.9 Å². The summed E-state index contributed by atoms with van der Waals surface area (Å²) >= 11 is 0. The Morgan fingerprint density at radius 2 is 1.77 bits per heavy atom. The van der Waals surface area contributed by atoms with Gasteiger partial charge in [-0.1, -0.05) is 13.8 Å². The normalized spacial score (nSPS) is 11.9. The largest absolute Gasteiger partial charge is 0.341 e. The molecule has 0 fully saturated rings. The lowest BCUT2D eigenvalue weighted by molar-refractivity contribution is -0.130. The lowest BCUT2D eigenvalue weighted by Gasteiger charge is -2.18. The molecule has 166 valence electrons. The number of aromatic nitrogens is 3. The van der Waals surface area contributed by atoms with Crippen LogP contribution in [0.25, 0.3) is 11.0 Å². The molecule has 0 saturated carbocycles. The molecule has 31 heavy (non-hydrogen) atoms. The van der Waals surface area contributed by atoms with E-state index in [9.17, 15) is 13.2 Å². The minimum atomic E-state index is -3.54. The molecule has 0 radical (unpaired) electrons. The van der Waals surface area contributed by atoms with Crippen LogP contribution in [0.5, 0.6) is 0 Å². The van der Waals surface area contributed by atoms with Crippen LogP contribution in [0, 0.1) is 0 Å². The number of aryl methyl sites for hydroxylation is 2. The molecule has 0 bridgehead atoms. The molecular weight excluding hydrogens is 414 g/mol. The summed E-state index contributed by atoms with van der Waals surface area (Å²) in [5, 5.41) is 0. The van der Waals surface area contributed by atoms with E-state index >= 15 is 0 Å². The van der Waals surface area contributed by atoms with Crippen molar-refractivity contribution in [2.24, 2.45) is 7.05 Å². The topological polar surface area (TPSA) is 88.4 Å². The van der Waals surface area contributed by atoms with Crippen molar-refractivity contribution in [1.82, 2.24) is 23.7 Å². The fraction of sp³-hybridized carbons (Fsp3) is 0.409. The molecule has 0 aliphatic carbocycles. The minimum Gasteiger partial charge on any atom is -0.341 e. The lowest BCUT2D eigenvalue weighted by atomic mass is 10.2. The molecule has 0 aliphatic rings. The second-order valence-electron chi connectivity index (χ2n) is 7.43. The van der Waals surface area contributed by atoms with Gasteiger partial charge in [0, 0.05) is 59.0 Å². The van der Waals surface area contributed by atoms with Crippen LogP contribution in [0.15, 0.2) is 47.6 Å². The van der Waals surface area contributed by atoms with Gasteiger partial charge in [-0.2, -0.15) is 4.31 Å². The van der Waals surface area contributed by atoms with E-state index in [1.165, 1.54) is 4.31 Å². The minimum absolute atomic E-state index is 0.0219. The SMILES string of the molecule is CCN(CC)S(=O)(=O)c1ccc2c(c1)nc(CCC(=O)N(C)Cc1ccncc1)n2C. The Kier molecular flexibility index (Phi) is 7.07. The van der Waals surface area contributed by atoms with Gasteiger partial charge < -0.3 is 9.47 Å². The first-order chi connectivity index (χ1) is 14.8. The average molecular weight is 444 g/mol. The van der Waals surface area contributed by atoms with Gasteiger partial charge >= 0.3 is 0 Å². The average Bonchev–Trinajstić information content (AvgIpc) is 3.08. The maximum absolute atomic E-state index is 12.8. The van der Waals surface area contributed by atoms with Gasteiger partial charge in [-0.3, -0.25) is 9.78 Å². The maximum Gasteiger partial charge on any atom is 0.243 e. The Hall–Kier alpha value is -2.78. The zero-order valence-electron chi connectivity index (χ0n) is 18.4. The second kappa shape index (κ2) is 9.57. The molecule has 8 nitrogen and oxygen atoms in total. The van der Waals surface area contributed by atoms with Crippen molar-refractivity contribution in [2.45, 2.75) is 38.1 Å². The number of pyridine rings is 1. The van der Waals surface area contributed by atoms with Gasteiger partial charge in [0.1, 0.15) is 5.82 Å². The molecular formula is C22H29N5O3S. The van der Waals surface area contributed by atoms with E-state index in [-0.39, 0.29) is 10.8 Å². The van der Waals surface area contributed by atoms with E-state index in [1.807, 2.05) is 37.6 Å². The van der Waals surface area contributed by atoms with E-state index in [4.69, 9.17) is 0 Å². The number of amides is 1. The zero-order chi connectivity index (χ0) is 22.6. The van der Waals surface area contributed by atoms with Crippen molar-refractivity contribution in [2.75, 3.05) is 20.1 Å². The number of sulfonamides is 1. The Labute approximate surface area is 183 Å². The van der Waals surface area contributed by atoms with Crippen molar-refractivity contribution in [1.29, 1.82) is 0 Å². The molecule has 0 aliphatic heterocycles. The van der Waals surface area contributed by atoms with Crippen LogP contribution in [-0.2, 0) is 34.8 Å². The number of hydrogen-bond donors (Lipinski definition) is 0. The van der Waals surface area contributed by atoms with E-state index in [0.717, 1.165) is 16.9 Å². The predicted octanol–water partition coefficient (Wildman–Crippen LogP) is 2.59. The van der Waals surface area contributed by atoms with E-state index in [1.54, 1.807) is 42.5 Å². The molecule has 1 amide bonds. The molecule has 0 N–H and O–H groups in total. The molecule has 0 spiro atoms. The number of nitrogens with zero attached hydrogens (tertiary/aromatic N) is 5.